The second-order valence-electron chi connectivity index (χ2n) is 4.68. The third-order valence-corrected chi connectivity index (χ3v) is 5.30. The summed E-state index contributed by atoms with van der Waals surface area (Å²) in [5, 5.41) is 12.5. The highest BCUT2D eigenvalue weighted by Crippen LogP contribution is 2.22. The SMILES string of the molecule is N#C/C(=N\Nc1ccc(S(=O)(=O)N2CCCC2)cc1)C(N)=S. The van der Waals surface area contributed by atoms with E-state index in [2.05, 4.69) is 22.7 Å². The highest BCUT2D eigenvalue weighted by atomic mass is 32.2. The number of benzene rings is 1. The van der Waals surface area contributed by atoms with Gasteiger partial charge in [0.05, 0.1) is 10.6 Å². The molecule has 3 N–H and O–H groups in total. The maximum Gasteiger partial charge on any atom is 0.243 e. The van der Waals surface area contributed by atoms with Crippen molar-refractivity contribution < 1.29 is 8.42 Å². The first-order valence-electron chi connectivity index (χ1n) is 6.59. The van der Waals surface area contributed by atoms with Gasteiger partial charge in [0.25, 0.3) is 0 Å². The highest BCUT2D eigenvalue weighted by molar-refractivity contribution is 7.89. The normalized spacial score (nSPS) is 16.2. The van der Waals surface area contributed by atoms with Crippen molar-refractivity contribution in [3.05, 3.63) is 24.3 Å². The molecule has 116 valence electrons. The fourth-order valence-electron chi connectivity index (χ4n) is 2.03. The molecule has 2 rings (SSSR count). The third-order valence-electron chi connectivity index (χ3n) is 3.19. The number of nitriles is 1. The molecule has 7 nitrogen and oxygen atoms in total. The smallest absolute Gasteiger partial charge is 0.243 e. The molecule has 1 fully saturated rings. The van der Waals surface area contributed by atoms with Crippen LogP contribution in [0.1, 0.15) is 12.8 Å². The zero-order valence-electron chi connectivity index (χ0n) is 11.7. The van der Waals surface area contributed by atoms with Crippen LogP contribution < -0.4 is 11.2 Å². The molecule has 1 aromatic carbocycles. The van der Waals surface area contributed by atoms with Crippen LogP contribution in [0.25, 0.3) is 0 Å². The Hall–Kier alpha value is -2.02. The number of hydrogen-bond donors (Lipinski definition) is 2. The Balaban J connectivity index is 2.14. The summed E-state index contributed by atoms with van der Waals surface area (Å²) in [6.45, 7) is 1.12. The second kappa shape index (κ2) is 6.83. The van der Waals surface area contributed by atoms with Crippen LogP contribution in [0.3, 0.4) is 0 Å². The third kappa shape index (κ3) is 3.59. The first-order chi connectivity index (χ1) is 10.4. The average Bonchev–Trinajstić information content (AvgIpc) is 3.03. The highest BCUT2D eigenvalue weighted by Gasteiger charge is 2.26. The van der Waals surface area contributed by atoms with Crippen LogP contribution in [0.2, 0.25) is 0 Å². The monoisotopic (exact) mass is 337 g/mol. The maximum atomic E-state index is 12.3. The van der Waals surface area contributed by atoms with Gasteiger partial charge >= 0.3 is 0 Å². The van der Waals surface area contributed by atoms with E-state index in [1.54, 1.807) is 18.2 Å². The van der Waals surface area contributed by atoms with Gasteiger partial charge in [-0.1, -0.05) is 12.2 Å². The fraction of sp³-hybridized carbons (Fsp3) is 0.308. The molecule has 0 atom stereocenters. The second-order valence-corrected chi connectivity index (χ2v) is 7.06. The van der Waals surface area contributed by atoms with Crippen molar-refractivity contribution >= 4 is 38.6 Å². The Kier molecular flexibility index (Phi) is 5.07. The van der Waals surface area contributed by atoms with Gasteiger partial charge in [-0.15, -0.1) is 0 Å². The van der Waals surface area contributed by atoms with E-state index in [1.165, 1.54) is 16.4 Å². The molecule has 0 radical (unpaired) electrons. The molecule has 1 saturated heterocycles. The van der Waals surface area contributed by atoms with Gasteiger partial charge in [-0.05, 0) is 37.1 Å². The quantitative estimate of drug-likeness (QED) is 0.472. The zero-order valence-corrected chi connectivity index (χ0v) is 13.3. The summed E-state index contributed by atoms with van der Waals surface area (Å²) < 4.78 is 26.2. The lowest BCUT2D eigenvalue weighted by atomic mass is 10.3. The van der Waals surface area contributed by atoms with E-state index in [0.29, 0.717) is 18.8 Å². The Morgan fingerprint density at radius 1 is 1.32 bits per heavy atom. The minimum atomic E-state index is -3.43. The van der Waals surface area contributed by atoms with E-state index in [-0.39, 0.29) is 15.6 Å². The van der Waals surface area contributed by atoms with E-state index in [4.69, 9.17) is 11.0 Å². The van der Waals surface area contributed by atoms with E-state index < -0.39 is 10.0 Å². The van der Waals surface area contributed by atoms with Crippen LogP contribution in [0.15, 0.2) is 34.3 Å². The number of hydrogen-bond acceptors (Lipinski definition) is 6. The molecule has 0 saturated carbocycles. The predicted octanol–water partition coefficient (Wildman–Crippen LogP) is 1.05. The Morgan fingerprint density at radius 2 is 1.91 bits per heavy atom. The lowest BCUT2D eigenvalue weighted by Gasteiger charge is -2.15. The van der Waals surface area contributed by atoms with Gasteiger partial charge in [0.15, 0.2) is 5.71 Å². The molecule has 0 aromatic heterocycles. The van der Waals surface area contributed by atoms with E-state index in [0.717, 1.165) is 12.8 Å². The minimum Gasteiger partial charge on any atom is -0.387 e. The van der Waals surface area contributed by atoms with Crippen molar-refractivity contribution in [3.63, 3.8) is 0 Å². The number of nitrogens with one attached hydrogen (secondary N) is 1. The van der Waals surface area contributed by atoms with Crippen molar-refractivity contribution in [2.24, 2.45) is 10.8 Å². The average molecular weight is 337 g/mol. The van der Waals surface area contributed by atoms with Gasteiger partial charge < -0.3 is 5.73 Å². The molecule has 9 heteroatoms. The van der Waals surface area contributed by atoms with Crippen molar-refractivity contribution in [3.8, 4) is 6.07 Å². The lowest BCUT2D eigenvalue weighted by Crippen LogP contribution is -2.27. The summed E-state index contributed by atoms with van der Waals surface area (Å²) >= 11 is 4.66. The maximum absolute atomic E-state index is 12.3. The number of rotatable bonds is 5. The molecule has 1 aromatic rings. The molecule has 0 spiro atoms. The van der Waals surface area contributed by atoms with Gasteiger partial charge in [0, 0.05) is 13.1 Å². The number of nitrogens with zero attached hydrogens (tertiary/aromatic N) is 3. The van der Waals surface area contributed by atoms with Gasteiger partial charge in [-0.2, -0.15) is 14.7 Å². The summed E-state index contributed by atoms with van der Waals surface area (Å²) in [7, 11) is -3.43. The molecule has 22 heavy (non-hydrogen) atoms. The largest absolute Gasteiger partial charge is 0.387 e. The van der Waals surface area contributed by atoms with Crippen molar-refractivity contribution in [1.82, 2.24) is 4.31 Å². The zero-order chi connectivity index (χ0) is 16.2. The standard InChI is InChI=1S/C13H15N5O2S2/c14-9-12(13(15)21)17-16-10-3-5-11(6-4-10)22(19,20)18-7-1-2-8-18/h3-6,16H,1-2,7-8H2,(H2,15,21)/b17-12+. The molecular formula is C13H15N5O2S2. The fourth-order valence-corrected chi connectivity index (χ4v) is 3.64. The lowest BCUT2D eigenvalue weighted by molar-refractivity contribution is 0.477. The van der Waals surface area contributed by atoms with E-state index in [1.807, 2.05) is 0 Å². The molecule has 1 heterocycles. The van der Waals surface area contributed by atoms with Crippen LogP contribution in [0, 0.1) is 11.3 Å². The molecule has 0 bridgehead atoms. The summed E-state index contributed by atoms with van der Waals surface area (Å²) in [6, 6.07) is 7.90. The molecule has 0 aliphatic carbocycles. The molecular weight excluding hydrogens is 322 g/mol. The molecule has 1 aliphatic rings. The summed E-state index contributed by atoms with van der Waals surface area (Å²) in [5.74, 6) is 0. The van der Waals surface area contributed by atoms with Crippen molar-refractivity contribution in [1.29, 1.82) is 5.26 Å². The number of hydrazone groups is 1. The Labute approximate surface area is 134 Å². The molecule has 1 aliphatic heterocycles. The van der Waals surface area contributed by atoms with Gasteiger partial charge in [-0.3, -0.25) is 5.43 Å². The van der Waals surface area contributed by atoms with E-state index >= 15 is 0 Å². The summed E-state index contributed by atoms with van der Waals surface area (Å²) in [5.41, 5.74) is 8.37. The summed E-state index contributed by atoms with van der Waals surface area (Å²) in [6.07, 6.45) is 1.78. The van der Waals surface area contributed by atoms with Crippen molar-refractivity contribution in [2.75, 3.05) is 18.5 Å². The summed E-state index contributed by atoms with van der Waals surface area (Å²) in [4.78, 5) is 0.127. The minimum absolute atomic E-state index is 0.0937. The van der Waals surface area contributed by atoms with Crippen LogP contribution in [-0.4, -0.2) is 36.5 Å². The molecule has 0 amide bonds. The molecule has 0 unspecified atom stereocenters. The predicted molar refractivity (Wildman–Crippen MR) is 87.9 cm³/mol. The van der Waals surface area contributed by atoms with Gasteiger partial charge in [0.2, 0.25) is 10.0 Å². The van der Waals surface area contributed by atoms with Gasteiger partial charge in [0.1, 0.15) is 11.1 Å². The number of thiocarbonyl (C=S) groups is 1. The number of sulfonamides is 1. The van der Waals surface area contributed by atoms with Gasteiger partial charge in [-0.25, -0.2) is 8.42 Å². The van der Waals surface area contributed by atoms with Crippen LogP contribution in [-0.2, 0) is 10.0 Å². The van der Waals surface area contributed by atoms with Crippen LogP contribution >= 0.6 is 12.2 Å². The first-order valence-corrected chi connectivity index (χ1v) is 8.44. The van der Waals surface area contributed by atoms with Crippen LogP contribution in [0.4, 0.5) is 5.69 Å². The first kappa shape index (κ1) is 16.4. The Bertz CT molecular complexity index is 729. The number of anilines is 1. The number of nitrogens with two attached hydrogens (primary N) is 1. The van der Waals surface area contributed by atoms with E-state index in [9.17, 15) is 8.42 Å². The topological polar surface area (TPSA) is 112 Å². The van der Waals surface area contributed by atoms with Crippen molar-refractivity contribution in [2.45, 2.75) is 17.7 Å². The van der Waals surface area contributed by atoms with Crippen LogP contribution in [0.5, 0.6) is 0 Å². The Morgan fingerprint density at radius 3 is 2.41 bits per heavy atom.